The van der Waals surface area contributed by atoms with Gasteiger partial charge in [0.25, 0.3) is 0 Å². The van der Waals surface area contributed by atoms with E-state index in [0.29, 0.717) is 0 Å². The predicted octanol–water partition coefficient (Wildman–Crippen LogP) is 3.39. The summed E-state index contributed by atoms with van der Waals surface area (Å²) in [7, 11) is 1.50. The maximum absolute atomic E-state index is 13.1. The molecule has 8 nitrogen and oxygen atoms in total. The van der Waals surface area contributed by atoms with Gasteiger partial charge in [-0.05, 0) is 31.9 Å². The van der Waals surface area contributed by atoms with Gasteiger partial charge in [-0.15, -0.1) is 0 Å². The van der Waals surface area contributed by atoms with Crippen molar-refractivity contribution in [2.75, 3.05) is 13.7 Å². The molecule has 184 valence electrons. The number of hydrogen-bond acceptors (Lipinski definition) is 6. The van der Waals surface area contributed by atoms with Crippen LogP contribution in [0.4, 0.5) is 4.79 Å². The zero-order valence-electron chi connectivity index (χ0n) is 20.2. The fourth-order valence-electron chi connectivity index (χ4n) is 3.10. The number of methoxy groups -OCH3 is 1. The molecule has 0 saturated carbocycles. The lowest BCUT2D eigenvalue weighted by Crippen LogP contribution is -2.53. The predicted molar refractivity (Wildman–Crippen MR) is 128 cm³/mol. The molecular formula is C26H34N2O6. The van der Waals surface area contributed by atoms with Crippen LogP contribution in [0, 0.1) is 0 Å². The number of amides is 2. The van der Waals surface area contributed by atoms with Crippen molar-refractivity contribution >= 4 is 18.0 Å². The summed E-state index contributed by atoms with van der Waals surface area (Å²) in [5, 5.41) is 5.31. The van der Waals surface area contributed by atoms with E-state index < -0.39 is 35.7 Å². The van der Waals surface area contributed by atoms with Crippen LogP contribution in [0.25, 0.3) is 0 Å². The number of ether oxygens (including phenoxy) is 3. The van der Waals surface area contributed by atoms with Crippen LogP contribution in [0.1, 0.15) is 38.3 Å². The van der Waals surface area contributed by atoms with Crippen LogP contribution >= 0.6 is 0 Å². The van der Waals surface area contributed by atoms with E-state index in [4.69, 9.17) is 14.2 Å². The van der Waals surface area contributed by atoms with Gasteiger partial charge >= 0.3 is 12.1 Å². The van der Waals surface area contributed by atoms with E-state index >= 15 is 0 Å². The minimum Gasteiger partial charge on any atom is -0.459 e. The molecule has 0 aliphatic carbocycles. The maximum Gasteiger partial charge on any atom is 0.408 e. The molecule has 0 aliphatic heterocycles. The summed E-state index contributed by atoms with van der Waals surface area (Å²) in [6, 6.07) is 16.7. The van der Waals surface area contributed by atoms with Crippen molar-refractivity contribution in [2.24, 2.45) is 0 Å². The van der Waals surface area contributed by atoms with Crippen LogP contribution in [0.3, 0.4) is 0 Å². The molecule has 0 heterocycles. The number of nitrogens with one attached hydrogen (secondary N) is 2. The smallest absolute Gasteiger partial charge is 0.408 e. The summed E-state index contributed by atoms with van der Waals surface area (Å²) in [6.45, 7) is 5.51. The molecule has 1 unspecified atom stereocenters. The summed E-state index contributed by atoms with van der Waals surface area (Å²) >= 11 is 0. The number of carbonyl (C=O) groups excluding carboxylic acids is 3. The summed E-state index contributed by atoms with van der Waals surface area (Å²) in [4.78, 5) is 38.3. The van der Waals surface area contributed by atoms with E-state index in [0.717, 1.165) is 11.1 Å². The summed E-state index contributed by atoms with van der Waals surface area (Å²) in [6.07, 6.45) is -0.280. The molecule has 8 heteroatoms. The standard InChI is InChI=1S/C26H34N2O6/c1-26(2,3)34-25(31)28-21(15-16-32-4)23(29)27-22(17-19-11-7-5-8-12-19)24(30)33-18-20-13-9-6-10-14-20/h5-14,21-22H,15-18H2,1-4H3,(H,27,29)(H,28,31)/t21?,22-/m0/s1. The summed E-state index contributed by atoms with van der Waals surface area (Å²) in [5.74, 6) is -1.09. The first-order valence-electron chi connectivity index (χ1n) is 11.2. The maximum atomic E-state index is 13.1. The van der Waals surface area contributed by atoms with Crippen molar-refractivity contribution in [1.82, 2.24) is 10.6 Å². The first-order chi connectivity index (χ1) is 16.2. The second-order valence-electron chi connectivity index (χ2n) is 8.82. The van der Waals surface area contributed by atoms with Gasteiger partial charge in [0.2, 0.25) is 5.91 Å². The molecule has 2 N–H and O–H groups in total. The number of benzene rings is 2. The number of rotatable bonds is 11. The minimum absolute atomic E-state index is 0.0874. The van der Waals surface area contributed by atoms with Crippen LogP contribution in [0.5, 0.6) is 0 Å². The second-order valence-corrected chi connectivity index (χ2v) is 8.82. The number of esters is 1. The van der Waals surface area contributed by atoms with Crippen molar-refractivity contribution in [3.05, 3.63) is 71.8 Å². The zero-order chi connectivity index (χ0) is 25.0. The Morgan fingerprint density at radius 1 is 0.853 bits per heavy atom. The van der Waals surface area contributed by atoms with Gasteiger partial charge in [0.05, 0.1) is 0 Å². The molecule has 2 aromatic carbocycles. The highest BCUT2D eigenvalue weighted by molar-refractivity contribution is 5.89. The Bertz CT molecular complexity index is 912. The Labute approximate surface area is 201 Å². The van der Waals surface area contributed by atoms with E-state index in [1.54, 1.807) is 20.8 Å². The molecular weight excluding hydrogens is 436 g/mol. The van der Waals surface area contributed by atoms with E-state index in [-0.39, 0.29) is 26.1 Å². The Hall–Kier alpha value is -3.39. The fraction of sp³-hybridized carbons (Fsp3) is 0.423. The van der Waals surface area contributed by atoms with Crippen LogP contribution in [-0.2, 0) is 36.8 Å². The Kier molecular flexibility index (Phi) is 10.5. The molecule has 0 bridgehead atoms. The molecule has 2 aromatic rings. The largest absolute Gasteiger partial charge is 0.459 e. The third-order valence-electron chi connectivity index (χ3n) is 4.73. The highest BCUT2D eigenvalue weighted by Crippen LogP contribution is 2.10. The van der Waals surface area contributed by atoms with Gasteiger partial charge in [-0.2, -0.15) is 0 Å². The van der Waals surface area contributed by atoms with Gasteiger partial charge in [0.1, 0.15) is 24.3 Å². The first kappa shape index (κ1) is 26.9. The second kappa shape index (κ2) is 13.3. The molecule has 0 aliphatic rings. The van der Waals surface area contributed by atoms with Crippen LogP contribution in [-0.4, -0.2) is 49.4 Å². The minimum atomic E-state index is -0.949. The van der Waals surface area contributed by atoms with E-state index in [1.807, 2.05) is 60.7 Å². The van der Waals surface area contributed by atoms with Crippen LogP contribution in [0.2, 0.25) is 0 Å². The number of carbonyl (C=O) groups is 3. The highest BCUT2D eigenvalue weighted by atomic mass is 16.6. The third kappa shape index (κ3) is 10.0. The van der Waals surface area contributed by atoms with Gasteiger partial charge in [0, 0.05) is 26.6 Å². The highest BCUT2D eigenvalue weighted by Gasteiger charge is 2.29. The summed E-state index contributed by atoms with van der Waals surface area (Å²) < 4.78 is 15.8. The van der Waals surface area contributed by atoms with Crippen molar-refractivity contribution in [3.8, 4) is 0 Å². The van der Waals surface area contributed by atoms with Crippen molar-refractivity contribution in [2.45, 2.75) is 57.9 Å². The molecule has 0 aromatic heterocycles. The average molecular weight is 471 g/mol. The van der Waals surface area contributed by atoms with Gasteiger partial charge in [-0.25, -0.2) is 9.59 Å². The van der Waals surface area contributed by atoms with Crippen LogP contribution < -0.4 is 10.6 Å². The molecule has 0 spiro atoms. The van der Waals surface area contributed by atoms with Gasteiger partial charge in [-0.1, -0.05) is 60.7 Å². The monoisotopic (exact) mass is 470 g/mol. The van der Waals surface area contributed by atoms with E-state index in [1.165, 1.54) is 7.11 Å². The molecule has 2 amide bonds. The Morgan fingerprint density at radius 2 is 1.44 bits per heavy atom. The Morgan fingerprint density at radius 3 is 2.00 bits per heavy atom. The third-order valence-corrected chi connectivity index (χ3v) is 4.73. The van der Waals surface area contributed by atoms with Crippen molar-refractivity contribution < 1.29 is 28.6 Å². The first-order valence-corrected chi connectivity index (χ1v) is 11.2. The molecule has 2 atom stereocenters. The molecule has 34 heavy (non-hydrogen) atoms. The average Bonchev–Trinajstić information content (AvgIpc) is 2.79. The van der Waals surface area contributed by atoms with Gasteiger partial charge < -0.3 is 24.8 Å². The molecule has 2 rings (SSSR count). The fourth-order valence-corrected chi connectivity index (χ4v) is 3.10. The Balaban J connectivity index is 2.12. The van der Waals surface area contributed by atoms with Crippen molar-refractivity contribution in [3.63, 3.8) is 0 Å². The molecule has 0 fully saturated rings. The molecule has 0 radical (unpaired) electrons. The lowest BCUT2D eigenvalue weighted by atomic mass is 10.0. The van der Waals surface area contributed by atoms with Crippen LogP contribution in [0.15, 0.2) is 60.7 Å². The van der Waals surface area contributed by atoms with Crippen molar-refractivity contribution in [1.29, 1.82) is 0 Å². The summed E-state index contributed by atoms with van der Waals surface area (Å²) in [5.41, 5.74) is 0.979. The molecule has 0 saturated heterocycles. The number of alkyl carbamates (subject to hydrolysis) is 1. The number of hydrogen-bond donors (Lipinski definition) is 2. The van der Waals surface area contributed by atoms with E-state index in [9.17, 15) is 14.4 Å². The topological polar surface area (TPSA) is 103 Å². The zero-order valence-corrected chi connectivity index (χ0v) is 20.2. The van der Waals surface area contributed by atoms with E-state index in [2.05, 4.69) is 10.6 Å². The normalized spacial score (nSPS) is 12.8. The lowest BCUT2D eigenvalue weighted by molar-refractivity contribution is -0.149. The quantitative estimate of drug-likeness (QED) is 0.488. The SMILES string of the molecule is COCCC(NC(=O)OC(C)(C)C)C(=O)N[C@@H](Cc1ccccc1)C(=O)OCc1ccccc1. The van der Waals surface area contributed by atoms with Gasteiger partial charge in [-0.3, -0.25) is 4.79 Å². The lowest BCUT2D eigenvalue weighted by Gasteiger charge is -2.25. The van der Waals surface area contributed by atoms with Gasteiger partial charge in [0.15, 0.2) is 0 Å².